The van der Waals surface area contributed by atoms with E-state index in [1.54, 1.807) is 0 Å². The third-order valence-electron chi connectivity index (χ3n) is 1.86. The Labute approximate surface area is 91.2 Å². The molecule has 0 amide bonds. The molecule has 6 N–H and O–H groups in total. The van der Waals surface area contributed by atoms with Crippen LogP contribution in [0.25, 0.3) is 0 Å². The van der Waals surface area contributed by atoms with E-state index < -0.39 is 24.1 Å². The highest BCUT2D eigenvalue weighted by atomic mass is 16.5. The monoisotopic (exact) mass is 237 g/mol. The topological polar surface area (TPSA) is 150 Å². The first kappa shape index (κ1) is 14.8. The summed E-state index contributed by atoms with van der Waals surface area (Å²) in [5.41, 5.74) is 5.21. The zero-order valence-electron chi connectivity index (χ0n) is 8.44. The summed E-state index contributed by atoms with van der Waals surface area (Å²) in [4.78, 5) is 19.5. The van der Waals surface area contributed by atoms with Crippen LogP contribution < -0.4 is 5.73 Å². The fraction of sp³-hybridized carbons (Fsp3) is 0.750. The minimum atomic E-state index is -2.27. The van der Waals surface area contributed by atoms with Gasteiger partial charge in [-0.05, 0) is 6.42 Å². The number of aliphatic carboxylic acids is 2. The lowest BCUT2D eigenvalue weighted by molar-refractivity contribution is -0.165. The van der Waals surface area contributed by atoms with E-state index in [1.165, 1.54) is 0 Å². The van der Waals surface area contributed by atoms with E-state index in [0.29, 0.717) is 12.6 Å². The van der Waals surface area contributed by atoms with Crippen LogP contribution in [0, 0.1) is 0 Å². The molecule has 1 aliphatic heterocycles. The minimum Gasteiger partial charge on any atom is -0.479 e. The van der Waals surface area contributed by atoms with Crippen molar-refractivity contribution in [2.24, 2.45) is 5.73 Å². The quantitative estimate of drug-likeness (QED) is 0.363. The Morgan fingerprint density at radius 2 is 1.62 bits per heavy atom. The van der Waals surface area contributed by atoms with Crippen molar-refractivity contribution in [3.8, 4) is 0 Å². The Bertz CT molecular complexity index is 220. The smallest absolute Gasteiger partial charge is 0.335 e. The van der Waals surface area contributed by atoms with Gasteiger partial charge in [0.05, 0.1) is 6.10 Å². The molecule has 94 valence electrons. The molecule has 8 heteroatoms. The lowest BCUT2D eigenvalue weighted by atomic mass is 10.2. The van der Waals surface area contributed by atoms with Gasteiger partial charge in [0.1, 0.15) is 0 Å². The maximum absolute atomic E-state index is 9.77. The number of carbonyl (C=O) groups is 2. The van der Waals surface area contributed by atoms with Gasteiger partial charge in [0.25, 0.3) is 0 Å². The standard InChI is InChI=1S/C4H9NO.C4H6O6/c5-3-4-1-2-6-4;5-1(3(7)8)2(6)4(9)10/h4H,1-3,5H2;1-2,5-6H,(H,7,8)(H,9,10)/t4-;1-,2-/m00/s1. The van der Waals surface area contributed by atoms with Crippen molar-refractivity contribution in [2.75, 3.05) is 13.2 Å². The van der Waals surface area contributed by atoms with E-state index in [0.717, 1.165) is 13.0 Å². The van der Waals surface area contributed by atoms with Gasteiger partial charge in [0.15, 0.2) is 12.2 Å². The van der Waals surface area contributed by atoms with Crippen molar-refractivity contribution in [1.29, 1.82) is 0 Å². The van der Waals surface area contributed by atoms with Crippen LogP contribution in [0.1, 0.15) is 6.42 Å². The van der Waals surface area contributed by atoms with Gasteiger partial charge in [-0.25, -0.2) is 9.59 Å². The summed E-state index contributed by atoms with van der Waals surface area (Å²) in [6.07, 6.45) is -2.98. The van der Waals surface area contributed by atoms with Crippen LogP contribution in [-0.4, -0.2) is 63.8 Å². The van der Waals surface area contributed by atoms with E-state index >= 15 is 0 Å². The first-order chi connectivity index (χ1) is 7.40. The molecule has 1 rings (SSSR count). The Kier molecular flexibility index (Phi) is 6.58. The Morgan fingerprint density at radius 1 is 1.25 bits per heavy atom. The normalized spacial score (nSPS) is 22.1. The fourth-order valence-corrected chi connectivity index (χ4v) is 0.741. The van der Waals surface area contributed by atoms with Crippen LogP contribution in [-0.2, 0) is 14.3 Å². The van der Waals surface area contributed by atoms with Crippen molar-refractivity contribution in [2.45, 2.75) is 24.7 Å². The molecular weight excluding hydrogens is 222 g/mol. The molecule has 8 nitrogen and oxygen atoms in total. The number of ether oxygens (including phenoxy) is 1. The van der Waals surface area contributed by atoms with Crippen LogP contribution in [0.5, 0.6) is 0 Å². The highest BCUT2D eigenvalue weighted by Crippen LogP contribution is 2.07. The first-order valence-corrected chi connectivity index (χ1v) is 4.53. The van der Waals surface area contributed by atoms with Gasteiger partial charge in [-0.2, -0.15) is 0 Å². The van der Waals surface area contributed by atoms with Crippen molar-refractivity contribution in [3.05, 3.63) is 0 Å². The average molecular weight is 237 g/mol. The lowest BCUT2D eigenvalue weighted by Gasteiger charge is -2.24. The van der Waals surface area contributed by atoms with Gasteiger partial charge in [0.2, 0.25) is 0 Å². The van der Waals surface area contributed by atoms with Crippen LogP contribution >= 0.6 is 0 Å². The summed E-state index contributed by atoms with van der Waals surface area (Å²) in [6.45, 7) is 1.61. The maximum Gasteiger partial charge on any atom is 0.335 e. The molecule has 0 radical (unpaired) electrons. The summed E-state index contributed by atoms with van der Waals surface area (Å²) in [7, 11) is 0. The van der Waals surface area contributed by atoms with Gasteiger partial charge in [0, 0.05) is 13.2 Å². The Balaban J connectivity index is 0.000000315. The molecule has 0 aromatic rings. The van der Waals surface area contributed by atoms with Crippen LogP contribution in [0.4, 0.5) is 0 Å². The molecule has 1 heterocycles. The summed E-state index contributed by atoms with van der Waals surface area (Å²) in [5.74, 6) is -3.54. The molecule has 0 spiro atoms. The number of hydrogen-bond donors (Lipinski definition) is 5. The number of carboxylic acid groups (broad SMARTS) is 2. The second-order valence-electron chi connectivity index (χ2n) is 3.08. The third kappa shape index (κ3) is 5.03. The molecule has 1 saturated heterocycles. The van der Waals surface area contributed by atoms with Crippen molar-refractivity contribution in [1.82, 2.24) is 0 Å². The molecule has 1 fully saturated rings. The maximum atomic E-state index is 9.77. The molecular formula is C8H15NO7. The highest BCUT2D eigenvalue weighted by Gasteiger charge is 2.29. The average Bonchev–Trinajstić information content (AvgIpc) is 2.14. The molecule has 0 aliphatic carbocycles. The Hall–Kier alpha value is -1.22. The number of rotatable bonds is 4. The third-order valence-corrected chi connectivity index (χ3v) is 1.86. The molecule has 3 atom stereocenters. The number of hydrogen-bond acceptors (Lipinski definition) is 6. The zero-order chi connectivity index (χ0) is 12.7. The van der Waals surface area contributed by atoms with Gasteiger partial charge in [-0.1, -0.05) is 0 Å². The molecule has 16 heavy (non-hydrogen) atoms. The number of carboxylic acids is 2. The second kappa shape index (κ2) is 7.12. The largest absolute Gasteiger partial charge is 0.479 e. The van der Waals surface area contributed by atoms with E-state index in [1.807, 2.05) is 0 Å². The minimum absolute atomic E-state index is 0.394. The van der Waals surface area contributed by atoms with Crippen LogP contribution in [0.2, 0.25) is 0 Å². The molecule has 0 aromatic carbocycles. The highest BCUT2D eigenvalue weighted by molar-refractivity contribution is 5.83. The van der Waals surface area contributed by atoms with Gasteiger partial charge >= 0.3 is 11.9 Å². The lowest BCUT2D eigenvalue weighted by Crippen LogP contribution is -2.39. The van der Waals surface area contributed by atoms with Crippen LogP contribution in [0.15, 0.2) is 0 Å². The van der Waals surface area contributed by atoms with E-state index in [-0.39, 0.29) is 0 Å². The molecule has 0 aromatic heterocycles. The SMILES string of the molecule is NC[C@@H]1CCO1.O=C(O)[C@@H](O)[C@H](O)C(=O)O. The van der Waals surface area contributed by atoms with Crippen molar-refractivity contribution < 1.29 is 34.8 Å². The van der Waals surface area contributed by atoms with Crippen molar-refractivity contribution in [3.63, 3.8) is 0 Å². The van der Waals surface area contributed by atoms with E-state index in [2.05, 4.69) is 0 Å². The number of nitrogens with two attached hydrogens (primary N) is 1. The summed E-state index contributed by atoms with van der Waals surface area (Å²) in [6, 6.07) is 0. The van der Waals surface area contributed by atoms with Gasteiger partial charge < -0.3 is 30.9 Å². The van der Waals surface area contributed by atoms with E-state index in [4.69, 9.17) is 30.9 Å². The zero-order valence-corrected chi connectivity index (χ0v) is 8.44. The predicted octanol–water partition coefficient (Wildman–Crippen LogP) is -2.39. The fourth-order valence-electron chi connectivity index (χ4n) is 0.741. The first-order valence-electron chi connectivity index (χ1n) is 4.53. The summed E-state index contributed by atoms with van der Waals surface area (Å²) in [5, 5.41) is 32.5. The molecule has 0 unspecified atom stereocenters. The van der Waals surface area contributed by atoms with Gasteiger partial charge in [-0.15, -0.1) is 0 Å². The molecule has 0 saturated carbocycles. The van der Waals surface area contributed by atoms with E-state index in [9.17, 15) is 9.59 Å². The summed E-state index contributed by atoms with van der Waals surface area (Å²) >= 11 is 0. The predicted molar refractivity (Wildman–Crippen MR) is 50.7 cm³/mol. The number of aliphatic hydroxyl groups excluding tert-OH is 2. The van der Waals surface area contributed by atoms with Crippen molar-refractivity contribution >= 4 is 11.9 Å². The van der Waals surface area contributed by atoms with Crippen LogP contribution in [0.3, 0.4) is 0 Å². The number of aliphatic hydroxyl groups is 2. The molecule has 0 bridgehead atoms. The molecule has 1 aliphatic rings. The Morgan fingerprint density at radius 3 is 1.69 bits per heavy atom. The second-order valence-corrected chi connectivity index (χ2v) is 3.08. The summed E-state index contributed by atoms with van der Waals surface area (Å²) < 4.78 is 4.95. The van der Waals surface area contributed by atoms with Gasteiger partial charge in [-0.3, -0.25) is 0 Å².